The molecule has 64 valence electrons. The monoisotopic (exact) mass is 170 g/mol. The molecule has 0 saturated heterocycles. The van der Waals surface area contributed by atoms with Gasteiger partial charge in [0.15, 0.2) is 0 Å². The summed E-state index contributed by atoms with van der Waals surface area (Å²) in [6, 6.07) is 4.23. The van der Waals surface area contributed by atoms with Crippen LogP contribution in [0.3, 0.4) is 0 Å². The first-order chi connectivity index (χ1) is 6.31. The quantitative estimate of drug-likeness (QED) is 0.615. The van der Waals surface area contributed by atoms with Gasteiger partial charge in [-0.25, -0.2) is 0 Å². The van der Waals surface area contributed by atoms with Crippen molar-refractivity contribution in [3.05, 3.63) is 34.5 Å². The van der Waals surface area contributed by atoms with Crippen molar-refractivity contribution in [2.45, 2.75) is 13.3 Å². The molecule has 0 bridgehead atoms. The van der Waals surface area contributed by atoms with Crippen LogP contribution < -0.4 is 10.6 Å². The molecule has 0 atom stereocenters. The molecule has 0 saturated carbocycles. The summed E-state index contributed by atoms with van der Waals surface area (Å²) in [5.41, 5.74) is 1.98. The van der Waals surface area contributed by atoms with Crippen molar-refractivity contribution in [2.75, 3.05) is 0 Å². The highest BCUT2D eigenvalue weighted by Crippen LogP contribution is 2.07. The first-order valence-electron chi connectivity index (χ1n) is 4.26. The molecule has 1 N–H and O–H groups in total. The average Bonchev–Trinajstić information content (AvgIpc) is 2.54. The van der Waals surface area contributed by atoms with Gasteiger partial charge in [0.2, 0.25) is 0 Å². The van der Waals surface area contributed by atoms with Crippen molar-refractivity contribution in [2.24, 2.45) is 0 Å². The second-order valence-corrected chi connectivity index (χ2v) is 3.18. The number of rotatable bonds is 0. The van der Waals surface area contributed by atoms with Crippen LogP contribution in [0.5, 0.6) is 0 Å². The molecular weight excluding hydrogens is 160 g/mol. The van der Waals surface area contributed by atoms with Crippen molar-refractivity contribution in [1.29, 1.82) is 5.26 Å². The third kappa shape index (κ3) is 1.29. The number of hydrogen-bond donors (Lipinski definition) is 1. The van der Waals surface area contributed by atoms with E-state index in [4.69, 9.17) is 5.26 Å². The van der Waals surface area contributed by atoms with Gasteiger partial charge >= 0.3 is 0 Å². The van der Waals surface area contributed by atoms with Gasteiger partial charge in [-0.2, -0.15) is 5.26 Å². The highest BCUT2D eigenvalue weighted by atomic mass is 14.6. The topological polar surface area (TPSA) is 39.6 Å². The SMILES string of the molecule is CC1=c2cc[nH]c2=CCC(C#N)=C1. The maximum Gasteiger partial charge on any atom is 0.0950 e. The van der Waals surface area contributed by atoms with Crippen LogP contribution in [-0.2, 0) is 0 Å². The number of hydrogen-bond acceptors (Lipinski definition) is 1. The molecule has 2 rings (SSSR count). The maximum atomic E-state index is 8.79. The summed E-state index contributed by atoms with van der Waals surface area (Å²) < 4.78 is 0. The summed E-state index contributed by atoms with van der Waals surface area (Å²) in [4.78, 5) is 3.15. The largest absolute Gasteiger partial charge is 0.361 e. The van der Waals surface area contributed by atoms with Crippen molar-refractivity contribution in [3.8, 4) is 6.07 Å². The van der Waals surface area contributed by atoms with E-state index in [1.165, 1.54) is 5.22 Å². The van der Waals surface area contributed by atoms with Crippen LogP contribution in [0.2, 0.25) is 0 Å². The number of aromatic nitrogens is 1. The van der Waals surface area contributed by atoms with E-state index in [1.807, 2.05) is 25.3 Å². The van der Waals surface area contributed by atoms with Crippen molar-refractivity contribution >= 4 is 11.6 Å². The molecule has 0 amide bonds. The van der Waals surface area contributed by atoms with Gasteiger partial charge in [0, 0.05) is 28.8 Å². The van der Waals surface area contributed by atoms with Crippen LogP contribution in [0.1, 0.15) is 13.3 Å². The Morgan fingerprint density at radius 1 is 1.54 bits per heavy atom. The molecule has 1 aromatic heterocycles. The van der Waals surface area contributed by atoms with Gasteiger partial charge in [0.1, 0.15) is 0 Å². The summed E-state index contributed by atoms with van der Waals surface area (Å²) in [6.45, 7) is 2.03. The number of nitriles is 1. The van der Waals surface area contributed by atoms with Crippen LogP contribution in [0.25, 0.3) is 11.6 Å². The van der Waals surface area contributed by atoms with Gasteiger partial charge in [-0.1, -0.05) is 6.08 Å². The molecule has 0 aliphatic heterocycles. The molecule has 1 aliphatic rings. The number of nitrogens with one attached hydrogen (secondary N) is 1. The normalized spacial score (nSPS) is 15.1. The second kappa shape index (κ2) is 2.95. The molecule has 1 heterocycles. The van der Waals surface area contributed by atoms with E-state index in [9.17, 15) is 0 Å². The number of aromatic amines is 1. The molecule has 0 unspecified atom stereocenters. The molecule has 0 aromatic carbocycles. The zero-order valence-electron chi connectivity index (χ0n) is 7.46. The summed E-state index contributed by atoms with van der Waals surface area (Å²) in [6.07, 6.45) is 6.66. The van der Waals surface area contributed by atoms with Gasteiger partial charge < -0.3 is 4.98 Å². The Bertz CT molecular complexity index is 509. The van der Waals surface area contributed by atoms with E-state index in [1.54, 1.807) is 0 Å². The third-order valence-corrected chi connectivity index (χ3v) is 2.26. The molecule has 2 nitrogen and oxygen atoms in total. The van der Waals surface area contributed by atoms with E-state index in [0.717, 1.165) is 22.9 Å². The number of nitrogens with zero attached hydrogens (tertiary/aromatic N) is 1. The third-order valence-electron chi connectivity index (χ3n) is 2.26. The summed E-state index contributed by atoms with van der Waals surface area (Å²) in [5.74, 6) is 0. The number of fused-ring (bicyclic) bond motifs is 1. The smallest absolute Gasteiger partial charge is 0.0950 e. The highest BCUT2D eigenvalue weighted by Gasteiger charge is 2.00. The Labute approximate surface area is 76.5 Å². The van der Waals surface area contributed by atoms with Crippen LogP contribution in [-0.4, -0.2) is 4.98 Å². The Kier molecular flexibility index (Phi) is 1.79. The van der Waals surface area contributed by atoms with E-state index in [-0.39, 0.29) is 0 Å². The lowest BCUT2D eigenvalue weighted by molar-refractivity contribution is 1.27. The highest BCUT2D eigenvalue weighted by molar-refractivity contribution is 5.60. The molecular formula is C11H10N2. The minimum absolute atomic E-state index is 0.724. The summed E-state index contributed by atoms with van der Waals surface area (Å²) >= 11 is 0. The van der Waals surface area contributed by atoms with Crippen molar-refractivity contribution in [3.63, 3.8) is 0 Å². The van der Waals surface area contributed by atoms with Crippen molar-refractivity contribution < 1.29 is 0 Å². The van der Waals surface area contributed by atoms with Gasteiger partial charge in [-0.05, 0) is 24.6 Å². The predicted molar refractivity (Wildman–Crippen MR) is 51.9 cm³/mol. The fraction of sp³-hybridized carbons (Fsp3) is 0.182. The fourth-order valence-corrected chi connectivity index (χ4v) is 1.58. The number of allylic oxidation sites excluding steroid dienone is 2. The molecule has 2 heteroatoms. The molecule has 0 radical (unpaired) electrons. The zero-order chi connectivity index (χ0) is 9.26. The summed E-state index contributed by atoms with van der Waals surface area (Å²) in [5, 5.41) is 11.1. The van der Waals surface area contributed by atoms with Crippen LogP contribution >= 0.6 is 0 Å². The van der Waals surface area contributed by atoms with Gasteiger partial charge in [0.05, 0.1) is 6.07 Å². The Morgan fingerprint density at radius 3 is 3.15 bits per heavy atom. The van der Waals surface area contributed by atoms with Gasteiger partial charge in [-0.3, -0.25) is 0 Å². The second-order valence-electron chi connectivity index (χ2n) is 3.18. The standard InChI is InChI=1S/C11H10N2/c1-8-6-9(7-12)2-3-11-10(8)4-5-13-11/h3-6,13H,2H2,1H3. The van der Waals surface area contributed by atoms with E-state index in [0.29, 0.717) is 0 Å². The van der Waals surface area contributed by atoms with Crippen LogP contribution in [0.15, 0.2) is 23.9 Å². The molecule has 0 spiro atoms. The maximum absolute atomic E-state index is 8.79. The molecule has 1 aliphatic carbocycles. The lowest BCUT2D eigenvalue weighted by Gasteiger charge is -1.89. The van der Waals surface area contributed by atoms with Crippen LogP contribution in [0.4, 0.5) is 0 Å². The van der Waals surface area contributed by atoms with E-state index >= 15 is 0 Å². The molecule has 13 heavy (non-hydrogen) atoms. The Morgan fingerprint density at radius 2 is 2.38 bits per heavy atom. The van der Waals surface area contributed by atoms with Crippen molar-refractivity contribution in [1.82, 2.24) is 4.98 Å². The predicted octanol–water partition coefficient (Wildman–Crippen LogP) is 0.819. The zero-order valence-corrected chi connectivity index (χ0v) is 7.46. The minimum atomic E-state index is 0.724. The minimum Gasteiger partial charge on any atom is -0.361 e. The van der Waals surface area contributed by atoms with Crippen LogP contribution in [0, 0.1) is 11.3 Å². The summed E-state index contributed by atoms with van der Waals surface area (Å²) in [7, 11) is 0. The van der Waals surface area contributed by atoms with E-state index in [2.05, 4.69) is 17.1 Å². The molecule has 1 aromatic rings. The van der Waals surface area contributed by atoms with Gasteiger partial charge in [0.25, 0.3) is 0 Å². The lowest BCUT2D eigenvalue weighted by atomic mass is 10.1. The first kappa shape index (κ1) is 7.88. The lowest BCUT2D eigenvalue weighted by Crippen LogP contribution is -2.22. The van der Waals surface area contributed by atoms with E-state index < -0.39 is 0 Å². The average molecular weight is 170 g/mol. The Hall–Kier alpha value is -1.75. The number of H-pyrrole nitrogens is 1. The fourth-order valence-electron chi connectivity index (χ4n) is 1.58. The first-order valence-corrected chi connectivity index (χ1v) is 4.26. The Balaban J connectivity index is 2.75. The molecule has 0 fully saturated rings. The van der Waals surface area contributed by atoms with Gasteiger partial charge in [-0.15, -0.1) is 0 Å².